The maximum Gasteiger partial charge on any atom is 0.244 e. The molecule has 0 aromatic heterocycles. The van der Waals surface area contributed by atoms with Crippen LogP contribution in [0.2, 0.25) is 0 Å². The number of sulfonamides is 1. The van der Waals surface area contributed by atoms with Gasteiger partial charge in [0.2, 0.25) is 21.8 Å². The van der Waals surface area contributed by atoms with Crippen molar-refractivity contribution in [1.29, 1.82) is 0 Å². The van der Waals surface area contributed by atoms with Crippen LogP contribution in [0.5, 0.6) is 5.75 Å². The van der Waals surface area contributed by atoms with Crippen LogP contribution in [0.4, 0.5) is 5.69 Å². The highest BCUT2D eigenvalue weighted by atomic mass is 32.2. The molecule has 198 valence electrons. The molecule has 1 N–H and O–H groups in total. The van der Waals surface area contributed by atoms with Crippen molar-refractivity contribution in [1.82, 2.24) is 10.2 Å². The molecule has 0 heterocycles. The summed E-state index contributed by atoms with van der Waals surface area (Å²) in [5.41, 5.74) is 2.78. The first kappa shape index (κ1) is 29.2. The summed E-state index contributed by atoms with van der Waals surface area (Å²) < 4.78 is 32.0. The summed E-state index contributed by atoms with van der Waals surface area (Å²) in [6.45, 7) is 9.69. The predicted octanol–water partition coefficient (Wildman–Crippen LogP) is 3.66. The Hall–Kier alpha value is -3.07. The maximum atomic E-state index is 13.8. The molecule has 0 saturated heterocycles. The molecule has 0 aliphatic carbocycles. The van der Waals surface area contributed by atoms with Crippen molar-refractivity contribution >= 4 is 27.5 Å². The molecule has 1 atom stereocenters. The number of amides is 2. The first-order chi connectivity index (χ1) is 16.9. The number of aryl methyl sites for hydroxylation is 2. The van der Waals surface area contributed by atoms with Crippen molar-refractivity contribution in [3.05, 3.63) is 59.2 Å². The number of hydrogen-bond donors (Lipinski definition) is 1. The number of nitrogens with one attached hydrogen (secondary N) is 1. The van der Waals surface area contributed by atoms with Crippen LogP contribution >= 0.6 is 0 Å². The number of carbonyl (C=O) groups excluding carboxylic acids is 2. The van der Waals surface area contributed by atoms with E-state index in [2.05, 4.69) is 5.32 Å². The van der Waals surface area contributed by atoms with Crippen molar-refractivity contribution < 1.29 is 22.7 Å². The lowest BCUT2D eigenvalue weighted by molar-refractivity contribution is -0.140. The molecule has 9 heteroatoms. The van der Waals surface area contributed by atoms with E-state index < -0.39 is 28.5 Å². The summed E-state index contributed by atoms with van der Waals surface area (Å²) in [4.78, 5) is 28.4. The summed E-state index contributed by atoms with van der Waals surface area (Å²) in [5, 5.41) is 2.92. The molecule has 0 bridgehead atoms. The van der Waals surface area contributed by atoms with Crippen LogP contribution in [-0.4, -0.2) is 57.6 Å². The van der Waals surface area contributed by atoms with Gasteiger partial charge in [0.05, 0.1) is 19.1 Å². The van der Waals surface area contributed by atoms with Crippen molar-refractivity contribution in [2.45, 2.75) is 53.6 Å². The fourth-order valence-electron chi connectivity index (χ4n) is 4.04. The van der Waals surface area contributed by atoms with E-state index in [1.165, 1.54) is 4.90 Å². The van der Waals surface area contributed by atoms with Gasteiger partial charge in [-0.15, -0.1) is 0 Å². The average Bonchev–Trinajstić information content (AvgIpc) is 2.81. The van der Waals surface area contributed by atoms with E-state index in [1.807, 2.05) is 65.0 Å². The molecule has 2 rings (SSSR count). The van der Waals surface area contributed by atoms with Crippen molar-refractivity contribution in [3.8, 4) is 5.75 Å². The highest BCUT2D eigenvalue weighted by Gasteiger charge is 2.32. The molecular weight excluding hydrogens is 478 g/mol. The fourth-order valence-corrected chi connectivity index (χ4v) is 5.01. The summed E-state index contributed by atoms with van der Waals surface area (Å²) >= 11 is 0. The third-order valence-corrected chi connectivity index (χ3v) is 7.06. The topological polar surface area (TPSA) is 96.0 Å². The molecule has 0 radical (unpaired) electrons. The monoisotopic (exact) mass is 517 g/mol. The number of benzene rings is 2. The lowest BCUT2D eigenvalue weighted by Crippen LogP contribution is -2.52. The average molecular weight is 518 g/mol. The Morgan fingerprint density at radius 3 is 2.08 bits per heavy atom. The fraction of sp³-hybridized carbons (Fsp3) is 0.481. The minimum absolute atomic E-state index is 0.154. The summed E-state index contributed by atoms with van der Waals surface area (Å²) in [6, 6.07) is 12.0. The minimum atomic E-state index is -3.78. The smallest absolute Gasteiger partial charge is 0.244 e. The molecule has 0 fully saturated rings. The van der Waals surface area contributed by atoms with E-state index in [4.69, 9.17) is 4.74 Å². The third-order valence-electron chi connectivity index (χ3n) is 5.95. The number of ether oxygens (including phenoxy) is 1. The van der Waals surface area contributed by atoms with E-state index in [-0.39, 0.29) is 18.4 Å². The number of methoxy groups -OCH3 is 1. The van der Waals surface area contributed by atoms with Gasteiger partial charge in [0.1, 0.15) is 18.3 Å². The predicted molar refractivity (Wildman–Crippen MR) is 144 cm³/mol. The van der Waals surface area contributed by atoms with Crippen molar-refractivity contribution in [2.75, 3.05) is 30.8 Å². The zero-order chi connectivity index (χ0) is 27.0. The molecule has 36 heavy (non-hydrogen) atoms. The Labute approximate surface area is 215 Å². The lowest BCUT2D eigenvalue weighted by Gasteiger charge is -2.33. The van der Waals surface area contributed by atoms with Gasteiger partial charge in [-0.2, -0.15) is 0 Å². The number of hydrogen-bond acceptors (Lipinski definition) is 5. The third kappa shape index (κ3) is 7.71. The van der Waals surface area contributed by atoms with Crippen LogP contribution in [0.3, 0.4) is 0 Å². The molecule has 0 saturated carbocycles. The quantitative estimate of drug-likeness (QED) is 0.464. The van der Waals surface area contributed by atoms with Gasteiger partial charge in [-0.25, -0.2) is 8.42 Å². The molecule has 2 aromatic carbocycles. The molecule has 2 amide bonds. The van der Waals surface area contributed by atoms with Gasteiger partial charge >= 0.3 is 0 Å². The second-order valence-electron chi connectivity index (χ2n) is 9.44. The Bertz CT molecular complexity index is 1130. The van der Waals surface area contributed by atoms with Gasteiger partial charge in [0, 0.05) is 13.1 Å². The van der Waals surface area contributed by atoms with E-state index in [0.29, 0.717) is 24.4 Å². The Morgan fingerprint density at radius 1 is 1.03 bits per heavy atom. The molecule has 0 aliphatic heterocycles. The van der Waals surface area contributed by atoms with Crippen LogP contribution in [-0.2, 0) is 26.2 Å². The van der Waals surface area contributed by atoms with Crippen LogP contribution < -0.4 is 14.4 Å². The van der Waals surface area contributed by atoms with E-state index in [0.717, 1.165) is 27.3 Å². The molecule has 0 unspecified atom stereocenters. The maximum absolute atomic E-state index is 13.8. The molecule has 0 aliphatic rings. The zero-order valence-corrected chi connectivity index (χ0v) is 23.2. The molecule has 8 nitrogen and oxygen atoms in total. The Kier molecular flexibility index (Phi) is 10.3. The van der Waals surface area contributed by atoms with E-state index >= 15 is 0 Å². The van der Waals surface area contributed by atoms with Gasteiger partial charge in [-0.3, -0.25) is 13.9 Å². The normalized spacial score (nSPS) is 12.2. The SMILES string of the molecule is CC[C@H](C(=O)NCC(C)C)N(Cc1ccc(OC)cc1)C(=O)CN(c1c(C)cccc1C)S(C)(=O)=O. The largest absolute Gasteiger partial charge is 0.497 e. The highest BCUT2D eigenvalue weighted by Crippen LogP contribution is 2.27. The van der Waals surface area contributed by atoms with Gasteiger partial charge in [-0.05, 0) is 55.0 Å². The van der Waals surface area contributed by atoms with E-state index in [1.54, 1.807) is 19.2 Å². The number of carbonyl (C=O) groups is 2. The Morgan fingerprint density at radius 2 is 1.61 bits per heavy atom. The standard InChI is InChI=1S/C27H39N3O5S/c1-8-24(27(32)28-16-19(2)3)29(17-22-12-14-23(35-6)15-13-22)25(31)18-30(36(7,33)34)26-20(4)10-9-11-21(26)5/h9-15,19,24H,8,16-18H2,1-7H3,(H,28,32)/t24-/m1/s1. The highest BCUT2D eigenvalue weighted by molar-refractivity contribution is 7.92. The number of nitrogens with zero attached hydrogens (tertiary/aromatic N) is 2. The van der Waals surface area contributed by atoms with Gasteiger partial charge in [-0.1, -0.05) is 51.1 Å². The second kappa shape index (κ2) is 12.8. The van der Waals surface area contributed by atoms with Crippen LogP contribution in [0, 0.1) is 19.8 Å². The van der Waals surface area contributed by atoms with Gasteiger partial charge in [0.15, 0.2) is 0 Å². The summed E-state index contributed by atoms with van der Waals surface area (Å²) in [5.74, 6) is 0.218. The van der Waals surface area contributed by atoms with Gasteiger partial charge in [0.25, 0.3) is 0 Å². The summed E-state index contributed by atoms with van der Waals surface area (Å²) in [7, 11) is -2.21. The van der Waals surface area contributed by atoms with Crippen molar-refractivity contribution in [2.24, 2.45) is 5.92 Å². The van der Waals surface area contributed by atoms with E-state index in [9.17, 15) is 18.0 Å². The van der Waals surface area contributed by atoms with Crippen molar-refractivity contribution in [3.63, 3.8) is 0 Å². The first-order valence-corrected chi connectivity index (χ1v) is 14.0. The first-order valence-electron chi connectivity index (χ1n) is 12.1. The summed E-state index contributed by atoms with van der Waals surface area (Å²) in [6.07, 6.45) is 1.47. The number of para-hydroxylation sites is 1. The van der Waals surface area contributed by atoms with Crippen LogP contribution in [0.25, 0.3) is 0 Å². The Balaban J connectivity index is 2.47. The molecule has 0 spiro atoms. The van der Waals surface area contributed by atoms with Crippen LogP contribution in [0.1, 0.15) is 43.9 Å². The minimum Gasteiger partial charge on any atom is -0.497 e. The number of rotatable bonds is 12. The lowest BCUT2D eigenvalue weighted by atomic mass is 10.1. The zero-order valence-electron chi connectivity index (χ0n) is 22.4. The van der Waals surface area contributed by atoms with Gasteiger partial charge < -0.3 is 15.0 Å². The molecule has 2 aromatic rings. The second-order valence-corrected chi connectivity index (χ2v) is 11.3. The number of anilines is 1. The van der Waals surface area contributed by atoms with Crippen LogP contribution in [0.15, 0.2) is 42.5 Å². The molecular formula is C27H39N3O5S.